The summed E-state index contributed by atoms with van der Waals surface area (Å²) in [5.41, 5.74) is 1.64. The van der Waals surface area contributed by atoms with Crippen LogP contribution in [-0.2, 0) is 0 Å². The number of rotatable bonds is 6. The molecule has 2 nitrogen and oxygen atoms in total. The van der Waals surface area contributed by atoms with E-state index >= 15 is 0 Å². The van der Waals surface area contributed by atoms with Crippen LogP contribution in [0.25, 0.3) is 0 Å². The number of nitrogens with zero attached hydrogens (tertiary/aromatic N) is 1. The number of benzene rings is 1. The Hall–Kier alpha value is -0.930. The van der Waals surface area contributed by atoms with Crippen LogP contribution in [0.5, 0.6) is 0 Å². The van der Waals surface area contributed by atoms with Gasteiger partial charge in [0.25, 0.3) is 0 Å². The zero-order chi connectivity index (χ0) is 15.3. The van der Waals surface area contributed by atoms with Gasteiger partial charge < -0.3 is 10.2 Å². The molecule has 1 saturated heterocycles. The van der Waals surface area contributed by atoms with E-state index in [0.29, 0.717) is 11.5 Å². The molecule has 118 valence electrons. The third-order valence-electron chi connectivity index (χ3n) is 4.44. The molecule has 0 aliphatic carbocycles. The summed E-state index contributed by atoms with van der Waals surface area (Å²) in [6.07, 6.45) is 3.71. The Morgan fingerprint density at radius 1 is 1.29 bits per heavy atom. The summed E-state index contributed by atoms with van der Waals surface area (Å²) in [5, 5.41) is 3.53. The third-order valence-corrected chi connectivity index (χ3v) is 4.44. The third kappa shape index (κ3) is 5.08. The molecule has 0 saturated carbocycles. The summed E-state index contributed by atoms with van der Waals surface area (Å²) < 4.78 is 13.1. The van der Waals surface area contributed by atoms with E-state index in [1.165, 1.54) is 31.5 Å². The normalized spacial score (nSPS) is 20.4. The van der Waals surface area contributed by atoms with E-state index in [-0.39, 0.29) is 5.82 Å². The molecule has 1 aromatic rings. The van der Waals surface area contributed by atoms with Gasteiger partial charge in [-0.25, -0.2) is 4.39 Å². The summed E-state index contributed by atoms with van der Waals surface area (Å²) in [6.45, 7) is 11.3. The van der Waals surface area contributed by atoms with Gasteiger partial charge in [0, 0.05) is 12.6 Å². The molecular formula is C18H29FN2. The Kier molecular flexibility index (Phi) is 5.77. The van der Waals surface area contributed by atoms with Gasteiger partial charge in [0.15, 0.2) is 0 Å². The van der Waals surface area contributed by atoms with Crippen molar-refractivity contribution in [3.8, 4) is 0 Å². The van der Waals surface area contributed by atoms with Gasteiger partial charge >= 0.3 is 0 Å². The van der Waals surface area contributed by atoms with Crippen LogP contribution in [0, 0.1) is 11.2 Å². The van der Waals surface area contributed by atoms with Crippen LogP contribution in [0.1, 0.15) is 51.6 Å². The summed E-state index contributed by atoms with van der Waals surface area (Å²) >= 11 is 0. The monoisotopic (exact) mass is 292 g/mol. The highest BCUT2D eigenvalue weighted by atomic mass is 19.1. The topological polar surface area (TPSA) is 15.3 Å². The predicted molar refractivity (Wildman–Crippen MR) is 86.9 cm³/mol. The van der Waals surface area contributed by atoms with Crippen LogP contribution >= 0.6 is 0 Å². The van der Waals surface area contributed by atoms with E-state index in [1.54, 1.807) is 12.1 Å². The molecule has 1 unspecified atom stereocenters. The fourth-order valence-corrected chi connectivity index (χ4v) is 3.38. The molecule has 0 spiro atoms. The fourth-order valence-electron chi connectivity index (χ4n) is 3.38. The molecule has 3 heteroatoms. The van der Waals surface area contributed by atoms with Crippen molar-refractivity contribution in [3.05, 3.63) is 35.6 Å². The van der Waals surface area contributed by atoms with E-state index in [1.807, 2.05) is 12.1 Å². The highest BCUT2D eigenvalue weighted by molar-refractivity contribution is 5.20. The van der Waals surface area contributed by atoms with E-state index in [0.717, 1.165) is 19.5 Å². The smallest absolute Gasteiger partial charge is 0.123 e. The number of likely N-dealkylation sites (tertiary alicyclic amines) is 1. The van der Waals surface area contributed by atoms with Gasteiger partial charge in [-0.05, 0) is 62.0 Å². The van der Waals surface area contributed by atoms with E-state index in [9.17, 15) is 4.39 Å². The number of hydrogen-bond acceptors (Lipinski definition) is 2. The van der Waals surface area contributed by atoms with E-state index < -0.39 is 0 Å². The zero-order valence-electron chi connectivity index (χ0n) is 13.7. The largest absolute Gasteiger partial charge is 0.310 e. The average molecular weight is 292 g/mol. The Bertz CT molecular complexity index is 427. The van der Waals surface area contributed by atoms with Crippen molar-refractivity contribution >= 4 is 0 Å². The van der Waals surface area contributed by atoms with Crippen LogP contribution in [0.15, 0.2) is 24.3 Å². The zero-order valence-corrected chi connectivity index (χ0v) is 13.7. The molecule has 1 atom stereocenters. The minimum absolute atomic E-state index is 0.160. The predicted octanol–water partition coefficient (Wildman–Crippen LogP) is 3.99. The van der Waals surface area contributed by atoms with Crippen LogP contribution in [0.4, 0.5) is 4.39 Å². The van der Waals surface area contributed by atoms with Crippen molar-refractivity contribution in [3.63, 3.8) is 0 Å². The number of hydrogen-bond donors (Lipinski definition) is 1. The van der Waals surface area contributed by atoms with E-state index in [4.69, 9.17) is 0 Å². The van der Waals surface area contributed by atoms with Crippen molar-refractivity contribution in [1.29, 1.82) is 0 Å². The van der Waals surface area contributed by atoms with Crippen LogP contribution in [0.2, 0.25) is 0 Å². The van der Waals surface area contributed by atoms with Gasteiger partial charge in [-0.3, -0.25) is 0 Å². The Morgan fingerprint density at radius 2 is 2.00 bits per heavy atom. The summed E-state index contributed by atoms with van der Waals surface area (Å²) in [5.74, 6) is -0.160. The van der Waals surface area contributed by atoms with Crippen molar-refractivity contribution in [2.75, 3.05) is 26.2 Å². The molecule has 0 amide bonds. The minimum atomic E-state index is -0.160. The van der Waals surface area contributed by atoms with E-state index in [2.05, 4.69) is 31.0 Å². The van der Waals surface area contributed by atoms with Crippen LogP contribution < -0.4 is 5.32 Å². The van der Waals surface area contributed by atoms with Gasteiger partial charge in [-0.1, -0.05) is 32.9 Å². The fraction of sp³-hybridized carbons (Fsp3) is 0.667. The van der Waals surface area contributed by atoms with Crippen molar-refractivity contribution < 1.29 is 4.39 Å². The summed E-state index contributed by atoms with van der Waals surface area (Å²) in [7, 11) is 0. The molecular weight excluding hydrogens is 263 g/mol. The molecule has 21 heavy (non-hydrogen) atoms. The number of piperidine rings is 1. The Balaban J connectivity index is 1.92. The minimum Gasteiger partial charge on any atom is -0.310 e. The van der Waals surface area contributed by atoms with Gasteiger partial charge in [0.2, 0.25) is 0 Å². The van der Waals surface area contributed by atoms with Gasteiger partial charge in [0.1, 0.15) is 5.82 Å². The van der Waals surface area contributed by atoms with Crippen molar-refractivity contribution in [1.82, 2.24) is 10.2 Å². The Morgan fingerprint density at radius 3 is 2.62 bits per heavy atom. The number of nitrogens with one attached hydrogen (secondary N) is 1. The maximum absolute atomic E-state index is 13.1. The standard InChI is InChI=1S/C18H29FN2/c1-4-20-17(15-6-8-16(19)9-7-15)10-13-21-12-5-11-18(2,3)14-21/h6-9,17,20H,4-5,10-14H2,1-3H3. The lowest BCUT2D eigenvalue weighted by atomic mass is 9.84. The first-order valence-electron chi connectivity index (χ1n) is 8.21. The SMILES string of the molecule is CCNC(CCN1CCCC(C)(C)C1)c1ccc(F)cc1. The molecule has 2 rings (SSSR count). The van der Waals surface area contributed by atoms with Crippen LogP contribution in [0.3, 0.4) is 0 Å². The highest BCUT2D eigenvalue weighted by Crippen LogP contribution is 2.29. The molecule has 0 radical (unpaired) electrons. The van der Waals surface area contributed by atoms with Crippen molar-refractivity contribution in [2.24, 2.45) is 5.41 Å². The second-order valence-electron chi connectivity index (χ2n) is 6.99. The van der Waals surface area contributed by atoms with Gasteiger partial charge in [0.05, 0.1) is 0 Å². The molecule has 1 fully saturated rings. The van der Waals surface area contributed by atoms with Gasteiger partial charge in [-0.2, -0.15) is 0 Å². The number of halogens is 1. The molecule has 1 aliphatic heterocycles. The highest BCUT2D eigenvalue weighted by Gasteiger charge is 2.26. The average Bonchev–Trinajstić information content (AvgIpc) is 2.43. The first kappa shape index (κ1) is 16.4. The van der Waals surface area contributed by atoms with Gasteiger partial charge in [-0.15, -0.1) is 0 Å². The lowest BCUT2D eigenvalue weighted by Crippen LogP contribution is -2.41. The quantitative estimate of drug-likeness (QED) is 0.853. The maximum Gasteiger partial charge on any atom is 0.123 e. The molecule has 1 heterocycles. The summed E-state index contributed by atoms with van der Waals surface area (Å²) in [4.78, 5) is 2.58. The first-order chi connectivity index (χ1) is 10.00. The maximum atomic E-state index is 13.1. The second-order valence-corrected chi connectivity index (χ2v) is 6.99. The lowest BCUT2D eigenvalue weighted by Gasteiger charge is -2.38. The summed E-state index contributed by atoms with van der Waals surface area (Å²) in [6, 6.07) is 7.25. The van der Waals surface area contributed by atoms with Crippen molar-refractivity contribution in [2.45, 2.75) is 46.1 Å². The molecule has 0 bridgehead atoms. The first-order valence-corrected chi connectivity index (χ1v) is 8.21. The molecule has 1 N–H and O–H groups in total. The molecule has 1 aromatic carbocycles. The molecule has 1 aliphatic rings. The van der Waals surface area contributed by atoms with Crippen LogP contribution in [-0.4, -0.2) is 31.1 Å². The molecule has 0 aromatic heterocycles. The lowest BCUT2D eigenvalue weighted by molar-refractivity contribution is 0.113. The Labute approximate surface area is 128 Å². The second kappa shape index (κ2) is 7.37.